The van der Waals surface area contributed by atoms with Crippen molar-refractivity contribution in [2.45, 2.75) is 47.1 Å². The zero-order valence-electron chi connectivity index (χ0n) is 9.18. The molecule has 0 heterocycles. The number of hydrogen-bond donors (Lipinski definition) is 1. The highest BCUT2D eigenvalue weighted by atomic mass is 16.3. The fourth-order valence-corrected chi connectivity index (χ4v) is 0.637. The Morgan fingerprint density at radius 2 is 1.50 bits per heavy atom. The number of rotatable bonds is 3. The molecular weight excluding hydrogens is 148 g/mol. The van der Waals surface area contributed by atoms with Gasteiger partial charge in [-0.1, -0.05) is 39.8 Å². The van der Waals surface area contributed by atoms with E-state index in [-0.39, 0.29) is 5.41 Å². The van der Waals surface area contributed by atoms with Crippen molar-refractivity contribution in [2.24, 2.45) is 11.3 Å². The monoisotopic (exact) mass is 170 g/mol. The Morgan fingerprint density at radius 3 is 1.75 bits per heavy atom. The quantitative estimate of drug-likeness (QED) is 0.646. The Labute approximate surface area is 76.5 Å². The molecular formula is C11H22O. The SMILES string of the molecule is CC(C)C=CC(C)(C)C(C)(C)O. The summed E-state index contributed by atoms with van der Waals surface area (Å²) in [4.78, 5) is 0. The molecule has 0 radical (unpaired) electrons. The first-order valence-electron chi connectivity index (χ1n) is 4.58. The minimum Gasteiger partial charge on any atom is -0.390 e. The molecule has 0 amide bonds. The van der Waals surface area contributed by atoms with Crippen molar-refractivity contribution in [3.8, 4) is 0 Å². The maximum atomic E-state index is 9.81. The highest BCUT2D eigenvalue weighted by Crippen LogP contribution is 2.31. The molecule has 0 aromatic heterocycles. The first-order chi connectivity index (χ1) is 5.17. The van der Waals surface area contributed by atoms with E-state index in [0.717, 1.165) is 0 Å². The molecule has 1 N–H and O–H groups in total. The smallest absolute Gasteiger partial charge is 0.0676 e. The third kappa shape index (κ3) is 3.40. The number of allylic oxidation sites excluding steroid dienone is 1. The van der Waals surface area contributed by atoms with E-state index >= 15 is 0 Å². The molecule has 72 valence electrons. The zero-order valence-corrected chi connectivity index (χ0v) is 9.18. The Kier molecular flexibility index (Phi) is 3.52. The van der Waals surface area contributed by atoms with Crippen molar-refractivity contribution in [3.63, 3.8) is 0 Å². The van der Waals surface area contributed by atoms with Crippen LogP contribution in [0, 0.1) is 11.3 Å². The maximum absolute atomic E-state index is 9.81. The standard InChI is InChI=1S/C11H22O/c1-9(2)7-8-10(3,4)11(5,6)12/h7-9,12H,1-6H3. The second kappa shape index (κ2) is 3.61. The van der Waals surface area contributed by atoms with Crippen LogP contribution in [-0.4, -0.2) is 10.7 Å². The summed E-state index contributed by atoms with van der Waals surface area (Å²) in [6.07, 6.45) is 4.23. The normalized spacial score (nSPS) is 14.7. The molecule has 0 aliphatic carbocycles. The summed E-state index contributed by atoms with van der Waals surface area (Å²) in [6, 6.07) is 0. The Bertz CT molecular complexity index is 158. The minimum atomic E-state index is -0.654. The van der Waals surface area contributed by atoms with Crippen LogP contribution in [0.5, 0.6) is 0 Å². The summed E-state index contributed by atoms with van der Waals surface area (Å²) < 4.78 is 0. The van der Waals surface area contributed by atoms with Gasteiger partial charge in [0.2, 0.25) is 0 Å². The molecule has 1 nitrogen and oxygen atoms in total. The van der Waals surface area contributed by atoms with Crippen LogP contribution in [0.4, 0.5) is 0 Å². The van der Waals surface area contributed by atoms with Crippen molar-refractivity contribution in [2.75, 3.05) is 0 Å². The van der Waals surface area contributed by atoms with Gasteiger partial charge in [-0.2, -0.15) is 0 Å². The van der Waals surface area contributed by atoms with Gasteiger partial charge in [-0.3, -0.25) is 0 Å². The lowest BCUT2D eigenvalue weighted by molar-refractivity contribution is -0.00759. The van der Waals surface area contributed by atoms with Crippen LogP contribution in [0.3, 0.4) is 0 Å². The minimum absolute atomic E-state index is 0.155. The summed E-state index contributed by atoms with van der Waals surface area (Å²) in [6.45, 7) is 12.1. The van der Waals surface area contributed by atoms with Gasteiger partial charge in [-0.25, -0.2) is 0 Å². The van der Waals surface area contributed by atoms with Crippen molar-refractivity contribution in [1.82, 2.24) is 0 Å². The highest BCUT2D eigenvalue weighted by Gasteiger charge is 2.32. The molecule has 0 atom stereocenters. The fourth-order valence-electron chi connectivity index (χ4n) is 0.637. The Balaban J connectivity index is 4.43. The second-order valence-electron chi connectivity index (χ2n) is 4.88. The van der Waals surface area contributed by atoms with E-state index in [4.69, 9.17) is 0 Å². The summed E-state index contributed by atoms with van der Waals surface area (Å²) in [5.74, 6) is 0.548. The Hall–Kier alpha value is -0.300. The molecule has 0 unspecified atom stereocenters. The first kappa shape index (κ1) is 11.7. The number of aliphatic hydroxyl groups is 1. The molecule has 12 heavy (non-hydrogen) atoms. The molecule has 0 fully saturated rings. The van der Waals surface area contributed by atoms with E-state index < -0.39 is 5.60 Å². The van der Waals surface area contributed by atoms with E-state index in [1.807, 2.05) is 27.7 Å². The van der Waals surface area contributed by atoms with Crippen LogP contribution in [0.2, 0.25) is 0 Å². The van der Waals surface area contributed by atoms with Gasteiger partial charge in [0, 0.05) is 5.41 Å². The predicted octanol–water partition coefficient (Wildman–Crippen LogP) is 3.00. The van der Waals surface area contributed by atoms with Gasteiger partial charge in [-0.05, 0) is 19.8 Å². The van der Waals surface area contributed by atoms with Gasteiger partial charge < -0.3 is 5.11 Å². The summed E-state index contributed by atoms with van der Waals surface area (Å²) >= 11 is 0. The first-order valence-corrected chi connectivity index (χ1v) is 4.58. The van der Waals surface area contributed by atoms with Gasteiger partial charge in [0.15, 0.2) is 0 Å². The molecule has 0 aromatic rings. The van der Waals surface area contributed by atoms with E-state index in [9.17, 15) is 5.11 Å². The van der Waals surface area contributed by atoms with Crippen LogP contribution >= 0.6 is 0 Å². The topological polar surface area (TPSA) is 20.2 Å². The molecule has 0 spiro atoms. The predicted molar refractivity (Wildman–Crippen MR) is 54.1 cm³/mol. The third-order valence-electron chi connectivity index (χ3n) is 2.47. The lowest BCUT2D eigenvalue weighted by Gasteiger charge is -2.34. The van der Waals surface area contributed by atoms with Gasteiger partial charge in [0.1, 0.15) is 0 Å². The van der Waals surface area contributed by atoms with Gasteiger partial charge in [0.25, 0.3) is 0 Å². The molecule has 0 aliphatic heterocycles. The lowest BCUT2D eigenvalue weighted by Crippen LogP contribution is -2.37. The Morgan fingerprint density at radius 1 is 1.08 bits per heavy atom. The van der Waals surface area contributed by atoms with Gasteiger partial charge in [-0.15, -0.1) is 0 Å². The van der Waals surface area contributed by atoms with Gasteiger partial charge >= 0.3 is 0 Å². The van der Waals surface area contributed by atoms with Crippen LogP contribution in [-0.2, 0) is 0 Å². The molecule has 0 bridgehead atoms. The fraction of sp³-hybridized carbons (Fsp3) is 0.818. The van der Waals surface area contributed by atoms with Crippen molar-refractivity contribution in [1.29, 1.82) is 0 Å². The summed E-state index contributed by atoms with van der Waals surface area (Å²) in [7, 11) is 0. The third-order valence-corrected chi connectivity index (χ3v) is 2.47. The molecule has 0 rings (SSSR count). The molecule has 0 aliphatic rings. The van der Waals surface area contributed by atoms with Crippen LogP contribution in [0.25, 0.3) is 0 Å². The van der Waals surface area contributed by atoms with Crippen LogP contribution in [0.15, 0.2) is 12.2 Å². The molecule has 0 saturated carbocycles. The maximum Gasteiger partial charge on any atom is 0.0676 e. The zero-order chi connectivity index (χ0) is 9.99. The van der Waals surface area contributed by atoms with Crippen molar-refractivity contribution >= 4 is 0 Å². The van der Waals surface area contributed by atoms with E-state index in [1.165, 1.54) is 0 Å². The average Bonchev–Trinajstić information content (AvgIpc) is 1.81. The lowest BCUT2D eigenvalue weighted by atomic mass is 9.77. The van der Waals surface area contributed by atoms with Gasteiger partial charge in [0.05, 0.1) is 5.60 Å². The van der Waals surface area contributed by atoms with E-state index in [2.05, 4.69) is 26.0 Å². The van der Waals surface area contributed by atoms with E-state index in [1.54, 1.807) is 0 Å². The molecule has 1 heteroatoms. The molecule has 0 aromatic carbocycles. The van der Waals surface area contributed by atoms with Crippen molar-refractivity contribution < 1.29 is 5.11 Å². The highest BCUT2D eigenvalue weighted by molar-refractivity contribution is 5.03. The largest absolute Gasteiger partial charge is 0.390 e. The van der Waals surface area contributed by atoms with E-state index in [0.29, 0.717) is 5.92 Å². The van der Waals surface area contributed by atoms with Crippen LogP contribution < -0.4 is 0 Å². The average molecular weight is 170 g/mol. The van der Waals surface area contributed by atoms with Crippen molar-refractivity contribution in [3.05, 3.63) is 12.2 Å². The number of hydrogen-bond acceptors (Lipinski definition) is 1. The summed E-state index contributed by atoms with van der Waals surface area (Å²) in [5.41, 5.74) is -0.810. The van der Waals surface area contributed by atoms with Crippen LogP contribution in [0.1, 0.15) is 41.5 Å². The summed E-state index contributed by atoms with van der Waals surface area (Å²) in [5, 5.41) is 9.81. The second-order valence-corrected chi connectivity index (χ2v) is 4.88. The molecule has 0 saturated heterocycles.